The number of carbonyl (C=O) groups excluding carboxylic acids is 1. The zero-order valence-electron chi connectivity index (χ0n) is 17.6. The Balaban J connectivity index is 2.77. The molecular weight excluding hydrogens is 322 g/mol. The van der Waals surface area contributed by atoms with Crippen LogP contribution in [0.5, 0.6) is 0 Å². The molecule has 1 unspecified atom stereocenters. The maximum atomic E-state index is 12.1. The van der Waals surface area contributed by atoms with Crippen molar-refractivity contribution >= 4 is 11.6 Å². The van der Waals surface area contributed by atoms with Gasteiger partial charge in [0.2, 0.25) is 5.91 Å². The predicted octanol–water partition coefficient (Wildman–Crippen LogP) is 5.84. The van der Waals surface area contributed by atoms with E-state index in [1.54, 1.807) is 6.92 Å². The lowest BCUT2D eigenvalue weighted by Crippen LogP contribution is -2.34. The first-order chi connectivity index (χ1) is 12.3. The van der Waals surface area contributed by atoms with Gasteiger partial charge in [0.05, 0.1) is 6.10 Å². The van der Waals surface area contributed by atoms with Crippen LogP contribution in [0, 0.1) is 0 Å². The molecule has 26 heavy (non-hydrogen) atoms. The molecule has 3 heteroatoms. The summed E-state index contributed by atoms with van der Waals surface area (Å²) in [5.41, 5.74) is 1.79. The van der Waals surface area contributed by atoms with Crippen LogP contribution in [-0.4, -0.2) is 23.7 Å². The zero-order chi connectivity index (χ0) is 19.6. The van der Waals surface area contributed by atoms with Crippen LogP contribution >= 0.6 is 0 Å². The van der Waals surface area contributed by atoms with Crippen molar-refractivity contribution in [1.82, 2.24) is 0 Å². The van der Waals surface area contributed by atoms with Gasteiger partial charge in [-0.2, -0.15) is 0 Å². The van der Waals surface area contributed by atoms with Crippen LogP contribution in [0.4, 0.5) is 5.69 Å². The summed E-state index contributed by atoms with van der Waals surface area (Å²) in [5, 5.41) is 10.6. The van der Waals surface area contributed by atoms with Crippen LogP contribution in [-0.2, 0) is 10.2 Å². The fourth-order valence-electron chi connectivity index (χ4n) is 3.36. The molecule has 1 amide bonds. The number of hydrogen-bond acceptors (Lipinski definition) is 2. The second-order valence-electron chi connectivity index (χ2n) is 8.01. The molecule has 1 atom stereocenters. The van der Waals surface area contributed by atoms with Crippen molar-refractivity contribution in [1.29, 1.82) is 0 Å². The third kappa shape index (κ3) is 6.75. The number of anilines is 1. The minimum Gasteiger partial charge on any atom is -0.392 e. The van der Waals surface area contributed by atoms with E-state index in [1.165, 1.54) is 25.7 Å². The highest BCUT2D eigenvalue weighted by atomic mass is 16.3. The minimum absolute atomic E-state index is 0.0930. The highest BCUT2D eigenvalue weighted by Crippen LogP contribution is 2.31. The quantitative estimate of drug-likeness (QED) is 0.475. The average molecular weight is 362 g/mol. The fraction of sp³-hybridized carbons (Fsp3) is 0.696. The summed E-state index contributed by atoms with van der Waals surface area (Å²) in [6, 6.07) is 8.18. The van der Waals surface area contributed by atoms with Crippen LogP contribution < -0.4 is 4.90 Å². The van der Waals surface area contributed by atoms with E-state index in [-0.39, 0.29) is 17.4 Å². The largest absolute Gasteiger partial charge is 0.392 e. The van der Waals surface area contributed by atoms with Gasteiger partial charge >= 0.3 is 0 Å². The van der Waals surface area contributed by atoms with Crippen molar-refractivity contribution in [2.24, 2.45) is 0 Å². The van der Waals surface area contributed by atoms with Crippen molar-refractivity contribution < 1.29 is 9.90 Å². The molecule has 148 valence electrons. The van der Waals surface area contributed by atoms with Gasteiger partial charge in [-0.05, 0) is 30.5 Å². The molecule has 0 aromatic heterocycles. The standard InChI is InChI=1S/C23H39NO2/c1-6-8-10-11-12-18-24(19(3)25)21-16-14-20(15-17-21)23(4,5)22(26)13-9-7-2/h14-17,22,26H,6-13,18H2,1-5H3. The fourth-order valence-corrected chi connectivity index (χ4v) is 3.36. The van der Waals surface area contributed by atoms with Crippen LogP contribution in [0.1, 0.15) is 91.5 Å². The Hall–Kier alpha value is -1.35. The van der Waals surface area contributed by atoms with Gasteiger partial charge in [-0.15, -0.1) is 0 Å². The first-order valence-electron chi connectivity index (χ1n) is 10.4. The molecule has 0 aliphatic carbocycles. The summed E-state index contributed by atoms with van der Waals surface area (Å²) in [5.74, 6) is 0.0930. The van der Waals surface area contributed by atoms with Crippen LogP contribution in [0.3, 0.4) is 0 Å². The van der Waals surface area contributed by atoms with Crippen molar-refractivity contribution in [2.45, 2.75) is 97.5 Å². The minimum atomic E-state index is -0.351. The Kier molecular flexibility index (Phi) is 9.93. The highest BCUT2D eigenvalue weighted by Gasteiger charge is 2.29. The molecule has 0 spiro atoms. The third-order valence-electron chi connectivity index (χ3n) is 5.45. The Labute approximate surface area is 160 Å². The van der Waals surface area contributed by atoms with E-state index in [1.807, 2.05) is 17.0 Å². The molecule has 0 saturated heterocycles. The number of rotatable bonds is 12. The van der Waals surface area contributed by atoms with E-state index in [2.05, 4.69) is 39.8 Å². The maximum Gasteiger partial charge on any atom is 0.223 e. The zero-order valence-corrected chi connectivity index (χ0v) is 17.6. The molecule has 1 aromatic rings. The third-order valence-corrected chi connectivity index (χ3v) is 5.45. The van der Waals surface area contributed by atoms with Crippen LogP contribution in [0.15, 0.2) is 24.3 Å². The van der Waals surface area contributed by atoms with Crippen LogP contribution in [0.25, 0.3) is 0 Å². The smallest absolute Gasteiger partial charge is 0.223 e. The summed E-state index contributed by atoms with van der Waals surface area (Å²) >= 11 is 0. The number of hydrogen-bond donors (Lipinski definition) is 1. The van der Waals surface area contributed by atoms with Gasteiger partial charge in [0, 0.05) is 24.6 Å². The summed E-state index contributed by atoms with van der Waals surface area (Å²) < 4.78 is 0. The lowest BCUT2D eigenvalue weighted by Gasteiger charge is -2.32. The molecular formula is C23H39NO2. The monoisotopic (exact) mass is 361 g/mol. The highest BCUT2D eigenvalue weighted by molar-refractivity contribution is 5.91. The second kappa shape index (κ2) is 11.4. The SMILES string of the molecule is CCCCCCCN(C(C)=O)c1ccc(C(C)(C)C(O)CCCC)cc1. The summed E-state index contributed by atoms with van der Waals surface area (Å²) in [6.45, 7) is 11.0. The van der Waals surface area contributed by atoms with Crippen molar-refractivity contribution in [3.05, 3.63) is 29.8 Å². The van der Waals surface area contributed by atoms with Crippen LogP contribution in [0.2, 0.25) is 0 Å². The number of amides is 1. The Morgan fingerprint density at radius 2 is 1.58 bits per heavy atom. The first kappa shape index (κ1) is 22.7. The number of aliphatic hydroxyl groups is 1. The number of carbonyl (C=O) groups is 1. The lowest BCUT2D eigenvalue weighted by atomic mass is 9.77. The lowest BCUT2D eigenvalue weighted by molar-refractivity contribution is -0.116. The molecule has 0 aliphatic rings. The van der Waals surface area contributed by atoms with Gasteiger partial charge in [0.15, 0.2) is 0 Å². The molecule has 1 N–H and O–H groups in total. The Bertz CT molecular complexity index is 522. The molecule has 0 radical (unpaired) electrons. The number of benzene rings is 1. The predicted molar refractivity (Wildman–Crippen MR) is 112 cm³/mol. The van der Waals surface area contributed by atoms with E-state index in [0.717, 1.165) is 43.5 Å². The Morgan fingerprint density at radius 3 is 2.12 bits per heavy atom. The summed E-state index contributed by atoms with van der Waals surface area (Å²) in [6.07, 6.45) is 8.57. The number of unbranched alkanes of at least 4 members (excludes halogenated alkanes) is 5. The molecule has 0 heterocycles. The summed E-state index contributed by atoms with van der Waals surface area (Å²) in [7, 11) is 0. The van der Waals surface area contributed by atoms with Gasteiger partial charge in [-0.25, -0.2) is 0 Å². The van der Waals surface area contributed by atoms with Crippen molar-refractivity contribution in [3.63, 3.8) is 0 Å². The van der Waals surface area contributed by atoms with E-state index in [9.17, 15) is 9.90 Å². The molecule has 0 bridgehead atoms. The van der Waals surface area contributed by atoms with E-state index < -0.39 is 0 Å². The normalized spacial score (nSPS) is 12.8. The van der Waals surface area contributed by atoms with E-state index >= 15 is 0 Å². The second-order valence-corrected chi connectivity index (χ2v) is 8.01. The number of aliphatic hydroxyl groups excluding tert-OH is 1. The molecule has 3 nitrogen and oxygen atoms in total. The molecule has 0 saturated carbocycles. The summed E-state index contributed by atoms with van der Waals surface area (Å²) in [4.78, 5) is 13.9. The topological polar surface area (TPSA) is 40.5 Å². The molecule has 1 rings (SSSR count). The maximum absolute atomic E-state index is 12.1. The molecule has 0 fully saturated rings. The van der Waals surface area contributed by atoms with Gasteiger partial charge in [-0.3, -0.25) is 4.79 Å². The average Bonchev–Trinajstić information content (AvgIpc) is 2.62. The van der Waals surface area contributed by atoms with Crippen molar-refractivity contribution in [3.8, 4) is 0 Å². The van der Waals surface area contributed by atoms with Crippen molar-refractivity contribution in [2.75, 3.05) is 11.4 Å². The first-order valence-corrected chi connectivity index (χ1v) is 10.4. The Morgan fingerprint density at radius 1 is 1.00 bits per heavy atom. The van der Waals surface area contributed by atoms with Gasteiger partial charge in [0.25, 0.3) is 0 Å². The van der Waals surface area contributed by atoms with Gasteiger partial charge < -0.3 is 10.0 Å². The number of nitrogens with zero attached hydrogens (tertiary/aromatic N) is 1. The van der Waals surface area contributed by atoms with Gasteiger partial charge in [0.1, 0.15) is 0 Å². The molecule has 1 aromatic carbocycles. The van der Waals surface area contributed by atoms with Gasteiger partial charge in [-0.1, -0.05) is 78.4 Å². The van der Waals surface area contributed by atoms with E-state index in [0.29, 0.717) is 0 Å². The molecule has 0 aliphatic heterocycles. The van der Waals surface area contributed by atoms with E-state index in [4.69, 9.17) is 0 Å².